The van der Waals surface area contributed by atoms with Gasteiger partial charge in [0.2, 0.25) is 10.1 Å². The molecular formula is C7H9IN4OS. The van der Waals surface area contributed by atoms with Crippen molar-refractivity contribution in [2.75, 3.05) is 25.6 Å². The fourth-order valence-corrected chi connectivity index (χ4v) is 2.44. The molecule has 2 aromatic heterocycles. The SMILES string of the molecule is COCCNc1nn2c(I)cnc2s1. The Balaban J connectivity index is 2.11. The normalized spacial score (nSPS) is 11.0. The van der Waals surface area contributed by atoms with E-state index in [1.165, 1.54) is 11.3 Å². The molecule has 0 saturated heterocycles. The first-order valence-corrected chi connectivity index (χ1v) is 5.93. The second-order valence-corrected chi connectivity index (χ2v) is 4.66. The number of nitrogens with one attached hydrogen (secondary N) is 1. The van der Waals surface area contributed by atoms with E-state index in [2.05, 4.69) is 38.0 Å². The van der Waals surface area contributed by atoms with Crippen molar-refractivity contribution >= 4 is 44.0 Å². The van der Waals surface area contributed by atoms with E-state index in [-0.39, 0.29) is 0 Å². The Morgan fingerprint density at radius 1 is 1.71 bits per heavy atom. The third kappa shape index (κ3) is 1.98. The summed E-state index contributed by atoms with van der Waals surface area (Å²) in [5, 5.41) is 8.39. The summed E-state index contributed by atoms with van der Waals surface area (Å²) >= 11 is 3.74. The Morgan fingerprint density at radius 3 is 3.29 bits per heavy atom. The average Bonchev–Trinajstić information content (AvgIpc) is 2.70. The summed E-state index contributed by atoms with van der Waals surface area (Å²) in [6.45, 7) is 1.45. The van der Waals surface area contributed by atoms with Crippen LogP contribution in [0.2, 0.25) is 0 Å². The van der Waals surface area contributed by atoms with Gasteiger partial charge in [-0.3, -0.25) is 0 Å². The van der Waals surface area contributed by atoms with Crippen molar-refractivity contribution in [1.29, 1.82) is 0 Å². The molecule has 14 heavy (non-hydrogen) atoms. The van der Waals surface area contributed by atoms with Crippen LogP contribution in [-0.4, -0.2) is 34.9 Å². The summed E-state index contributed by atoms with van der Waals surface area (Å²) in [6, 6.07) is 0. The van der Waals surface area contributed by atoms with Crippen molar-refractivity contribution in [3.05, 3.63) is 9.90 Å². The zero-order chi connectivity index (χ0) is 9.97. The lowest BCUT2D eigenvalue weighted by Crippen LogP contribution is -2.07. The number of imidazole rings is 1. The van der Waals surface area contributed by atoms with E-state index in [4.69, 9.17) is 4.74 Å². The van der Waals surface area contributed by atoms with Gasteiger partial charge in [0, 0.05) is 13.7 Å². The molecule has 0 bridgehead atoms. The molecule has 0 aliphatic heterocycles. The summed E-state index contributed by atoms with van der Waals surface area (Å²) in [5.74, 6) is 0. The first kappa shape index (κ1) is 10.1. The van der Waals surface area contributed by atoms with Crippen LogP contribution in [0.15, 0.2) is 6.20 Å². The number of hydrogen-bond donors (Lipinski definition) is 1. The van der Waals surface area contributed by atoms with E-state index in [0.29, 0.717) is 6.61 Å². The van der Waals surface area contributed by atoms with Crippen LogP contribution in [0.25, 0.3) is 4.96 Å². The highest BCUT2D eigenvalue weighted by Crippen LogP contribution is 2.20. The molecular weight excluding hydrogens is 315 g/mol. The Bertz CT molecular complexity index is 426. The van der Waals surface area contributed by atoms with E-state index in [0.717, 1.165) is 20.3 Å². The van der Waals surface area contributed by atoms with E-state index < -0.39 is 0 Å². The van der Waals surface area contributed by atoms with E-state index in [9.17, 15) is 0 Å². The molecule has 0 radical (unpaired) electrons. The molecule has 0 aliphatic carbocycles. The minimum atomic E-state index is 0.680. The molecule has 1 N–H and O–H groups in total. The van der Waals surface area contributed by atoms with E-state index in [1.807, 2.05) is 4.52 Å². The number of hydrogen-bond acceptors (Lipinski definition) is 5. The van der Waals surface area contributed by atoms with Gasteiger partial charge >= 0.3 is 0 Å². The van der Waals surface area contributed by atoms with Gasteiger partial charge in [-0.15, -0.1) is 5.10 Å². The first-order valence-electron chi connectivity index (χ1n) is 4.04. The Hall–Kier alpha value is -0.410. The highest BCUT2D eigenvalue weighted by Gasteiger charge is 2.06. The summed E-state index contributed by atoms with van der Waals surface area (Å²) in [7, 11) is 1.68. The van der Waals surface area contributed by atoms with E-state index in [1.54, 1.807) is 13.3 Å². The minimum Gasteiger partial charge on any atom is -0.383 e. The van der Waals surface area contributed by atoms with Crippen LogP contribution < -0.4 is 5.32 Å². The summed E-state index contributed by atoms with van der Waals surface area (Å²) in [5.41, 5.74) is 0. The van der Waals surface area contributed by atoms with E-state index >= 15 is 0 Å². The average molecular weight is 324 g/mol. The molecule has 0 fully saturated rings. The zero-order valence-electron chi connectivity index (χ0n) is 7.53. The van der Waals surface area contributed by atoms with Crippen molar-refractivity contribution in [2.45, 2.75) is 0 Å². The van der Waals surface area contributed by atoms with Gasteiger partial charge in [-0.2, -0.15) is 4.52 Å². The summed E-state index contributed by atoms with van der Waals surface area (Å²) in [6.07, 6.45) is 1.80. The standard InChI is InChI=1S/C7H9IN4OS/c1-13-3-2-9-6-11-12-5(8)4-10-7(12)14-6/h4H,2-3H2,1H3,(H,9,11). The van der Waals surface area contributed by atoms with Gasteiger partial charge in [0.15, 0.2) is 0 Å². The molecule has 0 unspecified atom stereocenters. The zero-order valence-corrected chi connectivity index (χ0v) is 10.5. The van der Waals surface area contributed by atoms with Crippen molar-refractivity contribution in [3.8, 4) is 0 Å². The molecule has 0 spiro atoms. The highest BCUT2D eigenvalue weighted by molar-refractivity contribution is 14.1. The summed E-state index contributed by atoms with van der Waals surface area (Å²) < 4.78 is 7.77. The van der Waals surface area contributed by atoms with Crippen molar-refractivity contribution in [1.82, 2.24) is 14.6 Å². The summed E-state index contributed by atoms with van der Waals surface area (Å²) in [4.78, 5) is 5.12. The van der Waals surface area contributed by atoms with Crippen LogP contribution in [0.1, 0.15) is 0 Å². The number of aromatic nitrogens is 3. The van der Waals surface area contributed by atoms with Gasteiger partial charge in [-0.05, 0) is 22.6 Å². The van der Waals surface area contributed by atoms with Gasteiger partial charge in [0.1, 0.15) is 3.70 Å². The molecule has 5 nitrogen and oxygen atoms in total. The van der Waals surface area contributed by atoms with Gasteiger partial charge in [-0.1, -0.05) is 11.3 Å². The molecule has 2 rings (SSSR count). The molecule has 0 saturated carbocycles. The van der Waals surface area contributed by atoms with Crippen molar-refractivity contribution in [2.24, 2.45) is 0 Å². The largest absolute Gasteiger partial charge is 0.383 e. The number of methoxy groups -OCH3 is 1. The molecule has 76 valence electrons. The van der Waals surface area contributed by atoms with Crippen LogP contribution >= 0.6 is 33.9 Å². The van der Waals surface area contributed by atoms with Crippen molar-refractivity contribution in [3.63, 3.8) is 0 Å². The predicted molar refractivity (Wildman–Crippen MR) is 63.9 cm³/mol. The number of fused-ring (bicyclic) bond motifs is 1. The fraction of sp³-hybridized carbons (Fsp3) is 0.429. The van der Waals surface area contributed by atoms with Crippen LogP contribution in [0.4, 0.5) is 5.13 Å². The second-order valence-electron chi connectivity index (χ2n) is 2.60. The topological polar surface area (TPSA) is 51.5 Å². The number of halogens is 1. The maximum atomic E-state index is 4.93. The lowest BCUT2D eigenvalue weighted by atomic mass is 10.7. The Labute approximate surface area is 98.6 Å². The maximum Gasteiger partial charge on any atom is 0.214 e. The molecule has 2 heterocycles. The molecule has 0 aromatic carbocycles. The monoisotopic (exact) mass is 324 g/mol. The Morgan fingerprint density at radius 2 is 2.57 bits per heavy atom. The van der Waals surface area contributed by atoms with Gasteiger partial charge in [-0.25, -0.2) is 4.98 Å². The molecule has 7 heteroatoms. The third-order valence-electron chi connectivity index (χ3n) is 1.63. The first-order chi connectivity index (χ1) is 6.81. The minimum absolute atomic E-state index is 0.680. The maximum absolute atomic E-state index is 4.93. The molecule has 0 atom stereocenters. The van der Waals surface area contributed by atoms with Gasteiger partial charge in [0.25, 0.3) is 0 Å². The molecule has 2 aromatic rings. The molecule has 0 aliphatic rings. The van der Waals surface area contributed by atoms with Crippen LogP contribution in [0.5, 0.6) is 0 Å². The lowest BCUT2D eigenvalue weighted by molar-refractivity contribution is 0.210. The number of ether oxygens (including phenoxy) is 1. The lowest BCUT2D eigenvalue weighted by Gasteiger charge is -1.98. The van der Waals surface area contributed by atoms with Crippen LogP contribution in [0, 0.1) is 3.70 Å². The quantitative estimate of drug-likeness (QED) is 0.683. The number of nitrogens with zero attached hydrogens (tertiary/aromatic N) is 3. The van der Waals surface area contributed by atoms with Crippen LogP contribution in [0.3, 0.4) is 0 Å². The number of anilines is 1. The second kappa shape index (κ2) is 4.41. The van der Waals surface area contributed by atoms with Gasteiger partial charge < -0.3 is 10.1 Å². The molecule has 0 amide bonds. The Kier molecular flexibility index (Phi) is 3.19. The number of rotatable bonds is 4. The smallest absolute Gasteiger partial charge is 0.214 e. The predicted octanol–water partition coefficient (Wildman–Crippen LogP) is 1.45. The highest BCUT2D eigenvalue weighted by atomic mass is 127. The van der Waals surface area contributed by atoms with Crippen LogP contribution in [-0.2, 0) is 4.74 Å². The fourth-order valence-electron chi connectivity index (χ4n) is 0.999. The third-order valence-corrected chi connectivity index (χ3v) is 3.24. The van der Waals surface area contributed by atoms with Gasteiger partial charge in [0.05, 0.1) is 12.8 Å². The van der Waals surface area contributed by atoms with Crippen molar-refractivity contribution < 1.29 is 4.74 Å².